The summed E-state index contributed by atoms with van der Waals surface area (Å²) in [6.07, 6.45) is 44.0. The van der Waals surface area contributed by atoms with Crippen molar-refractivity contribution in [2.75, 3.05) is 6.61 Å². The molecule has 1 aliphatic heterocycles. The van der Waals surface area contributed by atoms with Crippen LogP contribution in [0.15, 0.2) is 24.3 Å². The fourth-order valence-electron chi connectivity index (χ4n) is 8.75. The fraction of sp³-hybridized carbons (Fsp3) is 0.865. The van der Waals surface area contributed by atoms with Crippen molar-refractivity contribution in [1.29, 1.82) is 0 Å². The topological polar surface area (TPSA) is 29.5 Å². The van der Waals surface area contributed by atoms with Gasteiger partial charge in [-0.2, -0.15) is 0 Å². The maximum atomic E-state index is 13.5. The van der Waals surface area contributed by atoms with Crippen LogP contribution in [0.1, 0.15) is 167 Å². The maximum Gasteiger partial charge on any atom is 0.673 e. The van der Waals surface area contributed by atoms with Crippen molar-refractivity contribution < 1.29 is 46.1 Å². The molecule has 0 N–H and O–H groups in total. The van der Waals surface area contributed by atoms with E-state index in [2.05, 4.69) is 29.0 Å². The third kappa shape index (κ3) is 15.4. The molecule has 0 bridgehead atoms. The monoisotopic (exact) mass is 805 g/mol. The molecular formula is C37H63BF4NO2P2Rh-. The summed E-state index contributed by atoms with van der Waals surface area (Å²) in [6.45, 7) is 0.864. The van der Waals surface area contributed by atoms with Crippen LogP contribution in [0.3, 0.4) is 0 Å². The van der Waals surface area contributed by atoms with E-state index in [1.165, 1.54) is 154 Å². The molecular weight excluding hydrogens is 742 g/mol. The Kier molecular flexibility index (Phi) is 21.0. The van der Waals surface area contributed by atoms with Crippen molar-refractivity contribution in [3.63, 3.8) is 0 Å². The normalized spacial score (nSPS) is 26.8. The number of carbonyl (C=O) groups excluding carboxylic acids is 1. The van der Waals surface area contributed by atoms with Crippen LogP contribution < -0.4 is 0 Å². The van der Waals surface area contributed by atoms with E-state index >= 15 is 0 Å². The van der Waals surface area contributed by atoms with Gasteiger partial charge >= 0.3 is 7.25 Å². The summed E-state index contributed by atoms with van der Waals surface area (Å²) >= 11 is 0. The van der Waals surface area contributed by atoms with Crippen molar-refractivity contribution in [1.82, 2.24) is 4.67 Å². The van der Waals surface area contributed by atoms with Crippen LogP contribution in [-0.4, -0.2) is 53.1 Å². The average molecular weight is 806 g/mol. The number of rotatable bonds is 8. The van der Waals surface area contributed by atoms with Gasteiger partial charge in [0, 0.05) is 53.4 Å². The molecule has 48 heavy (non-hydrogen) atoms. The minimum Gasteiger partial charge on any atom is -0.418 e. The van der Waals surface area contributed by atoms with E-state index in [1.807, 2.05) is 0 Å². The van der Waals surface area contributed by atoms with E-state index in [-0.39, 0.29) is 35.7 Å². The molecule has 279 valence electrons. The number of halogens is 4. The van der Waals surface area contributed by atoms with Gasteiger partial charge in [0.1, 0.15) is 0 Å². The molecule has 1 amide bonds. The largest absolute Gasteiger partial charge is 0.673 e. The summed E-state index contributed by atoms with van der Waals surface area (Å²) < 4.78 is 48.6. The molecule has 11 heteroatoms. The van der Waals surface area contributed by atoms with Crippen LogP contribution in [0.4, 0.5) is 17.3 Å². The second-order valence-corrected chi connectivity index (χ2v) is 19.8. The third-order valence-corrected chi connectivity index (χ3v) is 17.6. The molecule has 5 fully saturated rings. The van der Waals surface area contributed by atoms with Crippen LogP contribution in [0.2, 0.25) is 0 Å². The number of carbonyl (C=O) groups is 1. The molecule has 1 atom stereocenters. The zero-order chi connectivity index (χ0) is 33.3. The third-order valence-electron chi connectivity index (χ3n) is 11.1. The quantitative estimate of drug-likeness (QED) is 0.106. The van der Waals surface area contributed by atoms with Gasteiger partial charge in [-0.05, 0) is 94.8 Å². The molecule has 0 aromatic heterocycles. The summed E-state index contributed by atoms with van der Waals surface area (Å²) in [4.78, 5) is 13.5. The fourth-order valence-corrected chi connectivity index (χ4v) is 15.9. The summed E-state index contributed by atoms with van der Waals surface area (Å²) in [5, 5.41) is 0. The molecule has 1 radical (unpaired) electrons. The molecule has 1 heterocycles. The molecule has 3 nitrogen and oxygen atoms in total. The summed E-state index contributed by atoms with van der Waals surface area (Å²) in [5.74, 6) is 0.496. The molecule has 0 aromatic rings. The van der Waals surface area contributed by atoms with Crippen LogP contribution in [-0.2, 0) is 28.8 Å². The standard InChI is InChI=1S/C29H51NO2P2.C8H12.BF4.Rh/c31-29-22-21-24(23-32-34(27-17-9-3-10-18-27)28-19-11-4-12-20-28)30(29)33(25-13-5-1-6-14-25)26-15-7-2-8-16-26;1-2-4-6-8-7-5-3-1;2-1(3,4)5;/h24-28H,1-23H2;1-2,7-8H,3-6H2;;/q;;-1;/b;2-1-,8-7-;;/t24-;;;/m1.../s1. The van der Waals surface area contributed by atoms with Crippen LogP contribution in [0, 0.1) is 0 Å². The van der Waals surface area contributed by atoms with Crippen molar-refractivity contribution in [3.8, 4) is 0 Å². The molecule has 0 unspecified atom stereocenters. The van der Waals surface area contributed by atoms with Gasteiger partial charge in [-0.25, -0.2) is 0 Å². The number of hydrogen-bond donors (Lipinski definition) is 0. The molecule has 4 saturated carbocycles. The van der Waals surface area contributed by atoms with E-state index in [0.29, 0.717) is 11.9 Å². The molecule has 5 aliphatic carbocycles. The van der Waals surface area contributed by atoms with Gasteiger partial charge in [0.05, 0.1) is 12.6 Å². The summed E-state index contributed by atoms with van der Waals surface area (Å²) in [5.41, 5.74) is 3.32. The predicted octanol–water partition coefficient (Wildman–Crippen LogP) is 13.1. The van der Waals surface area contributed by atoms with Gasteiger partial charge in [-0.3, -0.25) is 4.79 Å². The Morgan fingerprint density at radius 1 is 0.583 bits per heavy atom. The van der Waals surface area contributed by atoms with Crippen molar-refractivity contribution in [2.45, 2.75) is 196 Å². The van der Waals surface area contributed by atoms with E-state index in [0.717, 1.165) is 42.1 Å². The average Bonchev–Trinajstić information content (AvgIpc) is 3.42. The molecule has 6 rings (SSSR count). The van der Waals surface area contributed by atoms with Crippen molar-refractivity contribution >= 4 is 29.4 Å². The zero-order valence-electron chi connectivity index (χ0n) is 29.4. The van der Waals surface area contributed by atoms with Crippen molar-refractivity contribution in [3.05, 3.63) is 24.3 Å². The van der Waals surface area contributed by atoms with Gasteiger partial charge in [0.25, 0.3) is 0 Å². The maximum absolute atomic E-state index is 13.5. The van der Waals surface area contributed by atoms with Crippen LogP contribution in [0.5, 0.6) is 0 Å². The van der Waals surface area contributed by atoms with E-state index in [9.17, 15) is 22.1 Å². The Balaban J connectivity index is 0.000000376. The summed E-state index contributed by atoms with van der Waals surface area (Å²) in [7, 11) is -6.65. The van der Waals surface area contributed by atoms with E-state index in [4.69, 9.17) is 4.52 Å². The Labute approximate surface area is 305 Å². The van der Waals surface area contributed by atoms with Gasteiger partial charge in [-0.15, -0.1) is 0 Å². The number of hydrogen-bond acceptors (Lipinski definition) is 2. The summed E-state index contributed by atoms with van der Waals surface area (Å²) in [6, 6.07) is 0.389. The first-order valence-electron chi connectivity index (χ1n) is 19.5. The second-order valence-electron chi connectivity index (χ2n) is 14.7. The Hall–Kier alpha value is 0.178. The van der Waals surface area contributed by atoms with Gasteiger partial charge < -0.3 is 26.5 Å². The minimum absolute atomic E-state index is 0. The second kappa shape index (κ2) is 23.7. The first-order chi connectivity index (χ1) is 22.8. The molecule has 0 aromatic carbocycles. The Bertz CT molecular complexity index is 869. The first kappa shape index (κ1) is 42.6. The van der Waals surface area contributed by atoms with E-state index in [1.54, 1.807) is 0 Å². The number of allylic oxidation sites excluding steroid dienone is 4. The van der Waals surface area contributed by atoms with Crippen molar-refractivity contribution in [2.24, 2.45) is 0 Å². The molecule has 6 aliphatic rings. The predicted molar refractivity (Wildman–Crippen MR) is 194 cm³/mol. The van der Waals surface area contributed by atoms with Gasteiger partial charge in [0.15, 0.2) is 0 Å². The molecule has 1 saturated heterocycles. The van der Waals surface area contributed by atoms with Gasteiger partial charge in [-0.1, -0.05) is 101 Å². The number of amides is 1. The van der Waals surface area contributed by atoms with E-state index < -0.39 is 7.25 Å². The Morgan fingerprint density at radius 2 is 0.917 bits per heavy atom. The Morgan fingerprint density at radius 3 is 1.27 bits per heavy atom. The minimum atomic E-state index is -6.00. The number of nitrogens with zero attached hydrogens (tertiary/aromatic N) is 1. The zero-order valence-corrected chi connectivity index (χ0v) is 32.8. The van der Waals surface area contributed by atoms with Crippen LogP contribution >= 0.6 is 16.2 Å². The van der Waals surface area contributed by atoms with Crippen LogP contribution in [0.25, 0.3) is 0 Å². The first-order valence-corrected chi connectivity index (χ1v) is 22.3. The van der Waals surface area contributed by atoms with Gasteiger partial charge in [0.2, 0.25) is 5.91 Å². The smallest absolute Gasteiger partial charge is 0.418 e. The molecule has 0 spiro atoms. The SMILES string of the molecule is C1=C\CC/C=C\CC/1.F[B-](F)(F)F.O=C1CC[C@H](COP(C2CCCCC2)C2CCCCC2)N1P(C1CCCCC1)C1CCCCC1.[Rh].